The van der Waals surface area contributed by atoms with E-state index < -0.39 is 11.7 Å². The fraction of sp³-hybridized carbons (Fsp3) is 0.143. The Bertz CT molecular complexity index is 1080. The molecular weight excluding hydrogens is 351 g/mol. The van der Waals surface area contributed by atoms with Gasteiger partial charge in [-0.25, -0.2) is 9.67 Å². The first-order chi connectivity index (χ1) is 12.9. The lowest BCUT2D eigenvalue weighted by Crippen LogP contribution is -2.08. The van der Waals surface area contributed by atoms with E-state index in [1.54, 1.807) is 35.9 Å². The highest BCUT2D eigenvalue weighted by molar-refractivity contribution is 5.94. The third-order valence-electron chi connectivity index (χ3n) is 4.36. The van der Waals surface area contributed by atoms with E-state index in [2.05, 4.69) is 10.1 Å². The second kappa shape index (κ2) is 6.54. The van der Waals surface area contributed by atoms with Crippen LogP contribution in [0.5, 0.6) is 0 Å². The van der Waals surface area contributed by atoms with Gasteiger partial charge in [0.15, 0.2) is 5.65 Å². The van der Waals surface area contributed by atoms with E-state index in [0.717, 1.165) is 11.6 Å². The molecule has 4 aromatic rings. The summed E-state index contributed by atoms with van der Waals surface area (Å²) in [5, 5.41) is 4.56. The largest absolute Gasteiger partial charge is 0.417 e. The number of aromatic nitrogens is 3. The van der Waals surface area contributed by atoms with Crippen LogP contribution >= 0.6 is 0 Å². The summed E-state index contributed by atoms with van der Waals surface area (Å²) >= 11 is 0. The fourth-order valence-electron chi connectivity index (χ4n) is 3.18. The summed E-state index contributed by atoms with van der Waals surface area (Å²) in [4.78, 5) is 4.39. The van der Waals surface area contributed by atoms with Crippen molar-refractivity contribution in [1.29, 1.82) is 0 Å². The van der Waals surface area contributed by atoms with Crippen molar-refractivity contribution in [3.8, 4) is 11.3 Å². The molecule has 2 aromatic heterocycles. The van der Waals surface area contributed by atoms with Crippen LogP contribution in [0, 0.1) is 6.92 Å². The molecular formula is C21H16F3N3. The van der Waals surface area contributed by atoms with Crippen molar-refractivity contribution in [3.63, 3.8) is 0 Å². The van der Waals surface area contributed by atoms with E-state index in [4.69, 9.17) is 0 Å². The van der Waals surface area contributed by atoms with Gasteiger partial charge in [-0.3, -0.25) is 0 Å². The van der Waals surface area contributed by atoms with E-state index >= 15 is 0 Å². The topological polar surface area (TPSA) is 30.7 Å². The molecule has 0 radical (unpaired) electrons. The average molecular weight is 367 g/mol. The van der Waals surface area contributed by atoms with Gasteiger partial charge in [0.25, 0.3) is 0 Å². The van der Waals surface area contributed by atoms with E-state index in [9.17, 15) is 13.2 Å². The van der Waals surface area contributed by atoms with Crippen LogP contribution in [0.3, 0.4) is 0 Å². The molecule has 0 saturated heterocycles. The van der Waals surface area contributed by atoms with Crippen molar-refractivity contribution in [2.45, 2.75) is 19.6 Å². The number of hydrogen-bond donors (Lipinski definition) is 0. The van der Waals surface area contributed by atoms with Crippen molar-refractivity contribution in [2.75, 3.05) is 0 Å². The van der Waals surface area contributed by atoms with Crippen LogP contribution in [0.15, 0.2) is 66.7 Å². The summed E-state index contributed by atoms with van der Waals surface area (Å²) in [6.07, 6.45) is -4.49. The summed E-state index contributed by atoms with van der Waals surface area (Å²) in [5.41, 5.74) is 1.71. The molecule has 0 atom stereocenters. The molecule has 0 aliphatic carbocycles. The van der Waals surface area contributed by atoms with Gasteiger partial charge >= 0.3 is 6.18 Å². The normalized spacial score (nSPS) is 11.9. The Hall–Kier alpha value is -3.15. The second-order valence-electron chi connectivity index (χ2n) is 6.37. The Morgan fingerprint density at radius 3 is 2.19 bits per heavy atom. The third kappa shape index (κ3) is 3.30. The molecule has 0 saturated carbocycles. The lowest BCUT2D eigenvalue weighted by Gasteiger charge is -2.10. The summed E-state index contributed by atoms with van der Waals surface area (Å²) in [6.45, 7) is 1.91. The van der Waals surface area contributed by atoms with Gasteiger partial charge in [-0.15, -0.1) is 0 Å². The minimum absolute atomic E-state index is 0.0373. The van der Waals surface area contributed by atoms with Gasteiger partial charge in [-0.05, 0) is 18.6 Å². The number of rotatable bonds is 3. The van der Waals surface area contributed by atoms with Gasteiger partial charge in [0.2, 0.25) is 0 Å². The van der Waals surface area contributed by atoms with E-state index in [0.29, 0.717) is 23.5 Å². The zero-order chi connectivity index (χ0) is 19.0. The molecule has 6 heteroatoms. The lowest BCUT2D eigenvalue weighted by molar-refractivity contribution is -0.136. The highest BCUT2D eigenvalue weighted by Gasteiger charge is 2.36. The monoisotopic (exact) mass is 367 g/mol. The molecule has 0 spiro atoms. The molecule has 0 aliphatic rings. The van der Waals surface area contributed by atoms with Crippen LogP contribution < -0.4 is 0 Å². The van der Waals surface area contributed by atoms with Crippen LogP contribution in [0.25, 0.3) is 22.3 Å². The number of pyridine rings is 1. The first kappa shape index (κ1) is 17.3. The Morgan fingerprint density at radius 2 is 1.56 bits per heavy atom. The Kier molecular flexibility index (Phi) is 4.18. The molecule has 3 nitrogen and oxygen atoms in total. The number of nitrogens with zero attached hydrogens (tertiary/aromatic N) is 3. The van der Waals surface area contributed by atoms with Gasteiger partial charge in [-0.1, -0.05) is 60.7 Å². The van der Waals surface area contributed by atoms with Crippen molar-refractivity contribution in [3.05, 3.63) is 83.6 Å². The predicted molar refractivity (Wildman–Crippen MR) is 98.2 cm³/mol. The molecule has 2 heterocycles. The second-order valence-corrected chi connectivity index (χ2v) is 6.37. The molecule has 27 heavy (non-hydrogen) atoms. The highest BCUT2D eigenvalue weighted by atomic mass is 19.4. The number of halogens is 3. The summed E-state index contributed by atoms with van der Waals surface area (Å²) in [7, 11) is 0. The van der Waals surface area contributed by atoms with Crippen LogP contribution in [0.1, 0.15) is 16.8 Å². The molecule has 2 aromatic carbocycles. The molecule has 0 unspecified atom stereocenters. The third-order valence-corrected chi connectivity index (χ3v) is 4.36. The molecule has 0 bridgehead atoms. The fourth-order valence-corrected chi connectivity index (χ4v) is 3.18. The van der Waals surface area contributed by atoms with E-state index in [-0.39, 0.29) is 11.0 Å². The lowest BCUT2D eigenvalue weighted by atomic mass is 10.0. The molecule has 136 valence electrons. The summed E-state index contributed by atoms with van der Waals surface area (Å²) in [5.74, 6) is 0. The molecule has 0 N–H and O–H groups in total. The van der Waals surface area contributed by atoms with Crippen molar-refractivity contribution in [2.24, 2.45) is 0 Å². The van der Waals surface area contributed by atoms with Gasteiger partial charge in [0.05, 0.1) is 17.5 Å². The summed E-state index contributed by atoms with van der Waals surface area (Å²) in [6, 6.07) is 19.5. The standard InChI is InChI=1S/C21H16F3N3/c1-14-12-17(21(22,23)24)18-19(16-10-6-3-7-11-16)26-27(20(18)25-14)13-15-8-4-2-5-9-15/h2-12H,13H2,1H3. The van der Waals surface area contributed by atoms with Gasteiger partial charge < -0.3 is 0 Å². The first-order valence-electron chi connectivity index (χ1n) is 8.48. The molecule has 0 amide bonds. The average Bonchev–Trinajstić information content (AvgIpc) is 3.00. The minimum Gasteiger partial charge on any atom is -0.242 e. The predicted octanol–water partition coefficient (Wildman–Crippen LogP) is 5.47. The van der Waals surface area contributed by atoms with Gasteiger partial charge in [0, 0.05) is 11.3 Å². The molecule has 0 aliphatic heterocycles. The Balaban J connectivity index is 2.01. The maximum atomic E-state index is 13.8. The van der Waals surface area contributed by atoms with Crippen molar-refractivity contribution < 1.29 is 13.2 Å². The van der Waals surface area contributed by atoms with Gasteiger partial charge in [0.1, 0.15) is 5.69 Å². The SMILES string of the molecule is Cc1cc(C(F)(F)F)c2c(-c3ccccc3)nn(Cc3ccccc3)c2n1. The smallest absolute Gasteiger partial charge is 0.242 e. The van der Waals surface area contributed by atoms with Crippen LogP contribution in [-0.4, -0.2) is 14.8 Å². The number of hydrogen-bond acceptors (Lipinski definition) is 2. The molecule has 4 rings (SSSR count). The van der Waals surface area contributed by atoms with Crippen LogP contribution in [0.4, 0.5) is 13.2 Å². The Morgan fingerprint density at radius 1 is 0.926 bits per heavy atom. The highest BCUT2D eigenvalue weighted by Crippen LogP contribution is 2.39. The zero-order valence-corrected chi connectivity index (χ0v) is 14.5. The van der Waals surface area contributed by atoms with Crippen molar-refractivity contribution >= 4 is 11.0 Å². The number of fused-ring (bicyclic) bond motifs is 1. The quantitative estimate of drug-likeness (QED) is 0.480. The van der Waals surface area contributed by atoms with Crippen LogP contribution in [-0.2, 0) is 12.7 Å². The zero-order valence-electron chi connectivity index (χ0n) is 14.5. The first-order valence-corrected chi connectivity index (χ1v) is 8.48. The minimum atomic E-state index is -4.49. The van der Waals surface area contributed by atoms with Crippen LogP contribution in [0.2, 0.25) is 0 Å². The Labute approximate surface area is 154 Å². The van der Waals surface area contributed by atoms with Crippen molar-refractivity contribution in [1.82, 2.24) is 14.8 Å². The maximum Gasteiger partial charge on any atom is 0.417 e. The molecule has 0 fully saturated rings. The number of alkyl halides is 3. The number of benzene rings is 2. The van der Waals surface area contributed by atoms with E-state index in [1.807, 2.05) is 36.4 Å². The van der Waals surface area contributed by atoms with Gasteiger partial charge in [-0.2, -0.15) is 18.3 Å². The maximum absolute atomic E-state index is 13.8. The van der Waals surface area contributed by atoms with E-state index in [1.165, 1.54) is 0 Å². The number of aryl methyl sites for hydroxylation is 1. The summed E-state index contributed by atoms with van der Waals surface area (Å²) < 4.78 is 42.8.